The van der Waals surface area contributed by atoms with Crippen molar-refractivity contribution in [3.05, 3.63) is 65.2 Å². The number of nitrogens with zero attached hydrogens (tertiary/aromatic N) is 1. The molecule has 0 saturated heterocycles. The van der Waals surface area contributed by atoms with Crippen LogP contribution < -0.4 is 4.72 Å². The molecule has 0 spiro atoms. The molecule has 0 aliphatic heterocycles. The number of halogens is 2. The van der Waals surface area contributed by atoms with Gasteiger partial charge in [-0.25, -0.2) is 21.9 Å². The lowest BCUT2D eigenvalue weighted by Crippen LogP contribution is -2.27. The highest BCUT2D eigenvalue weighted by atomic mass is 32.2. The third-order valence-electron chi connectivity index (χ3n) is 3.03. The summed E-state index contributed by atoms with van der Waals surface area (Å²) < 4.78 is 53.4. The summed E-state index contributed by atoms with van der Waals surface area (Å²) in [7, 11) is -3.93. The molecular weight excluding hydrogens is 310 g/mol. The standard InChI is InChI=1S/C15H12F2N2O2S/c1-10(14-6-5-12(16)8-15(14)17)19-22(20,21)13-4-2-3-11(7-13)9-18/h2-8,10,19H,1H3/t10-/m1/s1. The fraction of sp³-hybridized carbons (Fsp3) is 0.133. The van der Waals surface area contributed by atoms with Crippen LogP contribution in [0.5, 0.6) is 0 Å². The molecule has 0 bridgehead atoms. The van der Waals surface area contributed by atoms with Gasteiger partial charge in [0, 0.05) is 17.7 Å². The Labute approximate surface area is 127 Å². The fourth-order valence-electron chi connectivity index (χ4n) is 1.95. The lowest BCUT2D eigenvalue weighted by molar-refractivity contribution is 0.540. The van der Waals surface area contributed by atoms with Crippen LogP contribution in [0.1, 0.15) is 24.1 Å². The number of hydrogen-bond acceptors (Lipinski definition) is 3. The van der Waals surface area contributed by atoms with Crippen LogP contribution in [0.25, 0.3) is 0 Å². The maximum absolute atomic E-state index is 13.7. The summed E-state index contributed by atoms with van der Waals surface area (Å²) in [4.78, 5) is -0.0964. The Hall–Kier alpha value is -2.30. The molecule has 4 nitrogen and oxygen atoms in total. The van der Waals surface area contributed by atoms with E-state index in [-0.39, 0.29) is 16.0 Å². The molecule has 0 aromatic heterocycles. The first-order chi connectivity index (χ1) is 10.3. The highest BCUT2D eigenvalue weighted by molar-refractivity contribution is 7.89. The van der Waals surface area contributed by atoms with Crippen LogP contribution in [0, 0.1) is 23.0 Å². The van der Waals surface area contributed by atoms with Crippen LogP contribution in [0.15, 0.2) is 47.4 Å². The monoisotopic (exact) mass is 322 g/mol. The first-order valence-corrected chi connectivity index (χ1v) is 7.79. The van der Waals surface area contributed by atoms with Gasteiger partial charge in [0.2, 0.25) is 10.0 Å². The lowest BCUT2D eigenvalue weighted by Gasteiger charge is -2.15. The molecule has 0 aliphatic rings. The molecule has 0 heterocycles. The van der Waals surface area contributed by atoms with E-state index in [0.717, 1.165) is 6.07 Å². The van der Waals surface area contributed by atoms with Gasteiger partial charge in [-0.3, -0.25) is 0 Å². The predicted octanol–water partition coefficient (Wildman–Crippen LogP) is 2.88. The maximum Gasteiger partial charge on any atom is 0.241 e. The van der Waals surface area contributed by atoms with Gasteiger partial charge < -0.3 is 0 Å². The van der Waals surface area contributed by atoms with E-state index in [1.165, 1.54) is 37.3 Å². The van der Waals surface area contributed by atoms with E-state index >= 15 is 0 Å². The van der Waals surface area contributed by atoms with Crippen molar-refractivity contribution in [2.75, 3.05) is 0 Å². The van der Waals surface area contributed by atoms with E-state index in [9.17, 15) is 17.2 Å². The van der Waals surface area contributed by atoms with Crippen LogP contribution in [-0.2, 0) is 10.0 Å². The Morgan fingerprint density at radius 1 is 1.18 bits per heavy atom. The van der Waals surface area contributed by atoms with Crippen molar-refractivity contribution in [2.24, 2.45) is 0 Å². The SMILES string of the molecule is C[C@@H](NS(=O)(=O)c1cccc(C#N)c1)c1ccc(F)cc1F. The van der Waals surface area contributed by atoms with Crippen molar-refractivity contribution in [1.82, 2.24) is 4.72 Å². The normalized spacial score (nSPS) is 12.6. The second-order valence-corrected chi connectivity index (χ2v) is 6.36. The Bertz CT molecular complexity index is 845. The van der Waals surface area contributed by atoms with Crippen molar-refractivity contribution in [3.63, 3.8) is 0 Å². The number of nitriles is 1. The van der Waals surface area contributed by atoms with Crippen LogP contribution in [0.2, 0.25) is 0 Å². The van der Waals surface area contributed by atoms with Crippen LogP contribution >= 0.6 is 0 Å². The molecule has 0 aliphatic carbocycles. The molecule has 1 atom stereocenters. The van der Waals surface area contributed by atoms with Crippen LogP contribution in [0.4, 0.5) is 8.78 Å². The second-order valence-electron chi connectivity index (χ2n) is 4.65. The first kappa shape index (κ1) is 16.1. The average Bonchev–Trinajstić information content (AvgIpc) is 2.46. The van der Waals surface area contributed by atoms with Gasteiger partial charge in [0.15, 0.2) is 0 Å². The summed E-state index contributed by atoms with van der Waals surface area (Å²) in [5, 5.41) is 8.80. The fourth-order valence-corrected chi connectivity index (χ4v) is 3.22. The third kappa shape index (κ3) is 3.47. The van der Waals surface area contributed by atoms with E-state index in [2.05, 4.69) is 4.72 Å². The molecule has 2 rings (SSSR count). The molecular formula is C15H12F2N2O2S. The predicted molar refractivity (Wildman–Crippen MR) is 76.3 cm³/mol. The van der Waals surface area contributed by atoms with Crippen molar-refractivity contribution in [3.8, 4) is 6.07 Å². The number of hydrogen-bond donors (Lipinski definition) is 1. The van der Waals surface area contributed by atoms with Gasteiger partial charge >= 0.3 is 0 Å². The van der Waals surface area contributed by atoms with E-state index in [0.29, 0.717) is 6.07 Å². The number of rotatable bonds is 4. The topological polar surface area (TPSA) is 70.0 Å². The summed E-state index contributed by atoms with van der Waals surface area (Å²) >= 11 is 0. The zero-order chi connectivity index (χ0) is 16.3. The summed E-state index contributed by atoms with van der Waals surface area (Å²) in [6, 6.07) is 9.35. The second kappa shape index (κ2) is 6.22. The molecule has 114 valence electrons. The minimum Gasteiger partial charge on any atom is -0.207 e. The van der Waals surface area contributed by atoms with E-state index in [1.54, 1.807) is 0 Å². The van der Waals surface area contributed by atoms with Crippen LogP contribution in [0.3, 0.4) is 0 Å². The molecule has 0 unspecified atom stereocenters. The average molecular weight is 322 g/mol. The highest BCUT2D eigenvalue weighted by Gasteiger charge is 2.20. The van der Waals surface area contributed by atoms with Gasteiger partial charge in [-0.1, -0.05) is 12.1 Å². The molecule has 1 N–H and O–H groups in total. The largest absolute Gasteiger partial charge is 0.241 e. The van der Waals surface area contributed by atoms with Crippen molar-refractivity contribution < 1.29 is 17.2 Å². The van der Waals surface area contributed by atoms with Gasteiger partial charge in [-0.2, -0.15) is 5.26 Å². The molecule has 0 saturated carbocycles. The van der Waals surface area contributed by atoms with E-state index < -0.39 is 27.7 Å². The Morgan fingerprint density at radius 3 is 2.55 bits per heavy atom. The maximum atomic E-state index is 13.7. The zero-order valence-corrected chi connectivity index (χ0v) is 12.4. The van der Waals surface area contributed by atoms with Crippen molar-refractivity contribution >= 4 is 10.0 Å². The highest BCUT2D eigenvalue weighted by Crippen LogP contribution is 2.20. The van der Waals surface area contributed by atoms with Gasteiger partial charge in [0.05, 0.1) is 16.5 Å². The lowest BCUT2D eigenvalue weighted by atomic mass is 10.1. The molecule has 0 amide bonds. The summed E-state index contributed by atoms with van der Waals surface area (Å²) in [5.74, 6) is -1.57. The zero-order valence-electron chi connectivity index (χ0n) is 11.5. The number of benzene rings is 2. The third-order valence-corrected chi connectivity index (χ3v) is 4.57. The smallest absolute Gasteiger partial charge is 0.207 e. The van der Waals surface area contributed by atoms with Gasteiger partial charge in [-0.15, -0.1) is 0 Å². The van der Waals surface area contributed by atoms with Gasteiger partial charge in [0.1, 0.15) is 11.6 Å². The minimum absolute atomic E-state index is 0.0291. The number of nitrogens with one attached hydrogen (secondary N) is 1. The molecule has 0 fully saturated rings. The van der Waals surface area contributed by atoms with Crippen LogP contribution in [-0.4, -0.2) is 8.42 Å². The minimum atomic E-state index is -3.93. The Kier molecular flexibility index (Phi) is 4.54. The van der Waals surface area contributed by atoms with Crippen molar-refractivity contribution in [1.29, 1.82) is 5.26 Å². The Morgan fingerprint density at radius 2 is 1.91 bits per heavy atom. The summed E-state index contributed by atoms with van der Waals surface area (Å²) in [6.45, 7) is 1.45. The van der Waals surface area contributed by atoms with E-state index in [1.807, 2.05) is 6.07 Å². The molecule has 0 radical (unpaired) electrons. The van der Waals surface area contributed by atoms with E-state index in [4.69, 9.17) is 5.26 Å². The van der Waals surface area contributed by atoms with Gasteiger partial charge in [-0.05, 0) is 31.2 Å². The number of sulfonamides is 1. The summed E-state index contributed by atoms with van der Waals surface area (Å²) in [5.41, 5.74) is 0.227. The first-order valence-electron chi connectivity index (χ1n) is 6.31. The quantitative estimate of drug-likeness (QED) is 0.941. The summed E-state index contributed by atoms with van der Waals surface area (Å²) in [6.07, 6.45) is 0. The molecule has 2 aromatic carbocycles. The van der Waals surface area contributed by atoms with Gasteiger partial charge in [0.25, 0.3) is 0 Å². The molecule has 2 aromatic rings. The molecule has 7 heteroatoms. The molecule has 22 heavy (non-hydrogen) atoms. The van der Waals surface area contributed by atoms with Crippen molar-refractivity contribution in [2.45, 2.75) is 17.9 Å². The Balaban J connectivity index is 2.30.